The maximum atomic E-state index is 12.7. The summed E-state index contributed by atoms with van der Waals surface area (Å²) < 4.78 is 10.2. The summed E-state index contributed by atoms with van der Waals surface area (Å²) in [6, 6.07) is 20.0. The number of phenolic OH excluding ortho intramolecular Hbond substituents is 1. The number of hydrogen-bond donors (Lipinski definition) is 3. The van der Waals surface area contributed by atoms with E-state index >= 15 is 0 Å². The highest BCUT2D eigenvalue weighted by molar-refractivity contribution is 6.03. The van der Waals surface area contributed by atoms with Crippen molar-refractivity contribution in [1.29, 1.82) is 5.26 Å². The van der Waals surface area contributed by atoms with Crippen molar-refractivity contribution in [3.63, 3.8) is 0 Å². The van der Waals surface area contributed by atoms with Gasteiger partial charge in [-0.2, -0.15) is 5.26 Å². The first-order chi connectivity index (χ1) is 18.4. The van der Waals surface area contributed by atoms with Crippen molar-refractivity contribution in [2.24, 2.45) is 0 Å². The zero-order valence-corrected chi connectivity index (χ0v) is 19.8. The maximum Gasteiger partial charge on any atom is 0.306 e. The van der Waals surface area contributed by atoms with Crippen LogP contribution in [0.25, 0.3) is 22.4 Å². The largest absolute Gasteiger partial charge is 0.507 e. The number of rotatable bonds is 6. The van der Waals surface area contributed by atoms with Gasteiger partial charge in [0.05, 0.1) is 12.0 Å². The molecule has 1 saturated heterocycles. The van der Waals surface area contributed by atoms with Gasteiger partial charge in [-0.3, -0.25) is 14.4 Å². The lowest BCUT2D eigenvalue weighted by Crippen LogP contribution is -2.27. The Morgan fingerprint density at radius 1 is 1.03 bits per heavy atom. The van der Waals surface area contributed by atoms with Gasteiger partial charge < -0.3 is 24.9 Å². The molecule has 1 aliphatic rings. The second-order valence-corrected chi connectivity index (χ2v) is 8.43. The number of para-hydroxylation sites is 1. The highest BCUT2D eigenvalue weighted by Gasteiger charge is 2.30. The normalized spacial score (nSPS) is 14.4. The Balaban J connectivity index is 1.57. The van der Waals surface area contributed by atoms with Crippen LogP contribution in [0.2, 0.25) is 0 Å². The van der Waals surface area contributed by atoms with E-state index in [1.54, 1.807) is 54.6 Å². The van der Waals surface area contributed by atoms with Gasteiger partial charge in [0, 0.05) is 29.7 Å². The molecule has 0 aliphatic carbocycles. The monoisotopic (exact) mass is 508 g/mol. The number of furan rings is 1. The number of esters is 1. The second-order valence-electron chi connectivity index (χ2n) is 8.43. The predicted molar refractivity (Wildman–Crippen MR) is 136 cm³/mol. The van der Waals surface area contributed by atoms with E-state index in [0.29, 0.717) is 34.5 Å². The summed E-state index contributed by atoms with van der Waals surface area (Å²) in [6.07, 6.45) is 0.972. The third-order valence-electron chi connectivity index (χ3n) is 5.91. The number of ether oxygens (including phenoxy) is 1. The first kappa shape index (κ1) is 24.3. The van der Waals surface area contributed by atoms with E-state index in [1.807, 2.05) is 0 Å². The summed E-state index contributed by atoms with van der Waals surface area (Å²) in [7, 11) is 0. The molecule has 2 aromatic carbocycles. The van der Waals surface area contributed by atoms with Crippen molar-refractivity contribution < 1.29 is 28.6 Å². The Labute approximate surface area is 216 Å². The molecular formula is C28H20N4O6. The van der Waals surface area contributed by atoms with Crippen molar-refractivity contribution in [3.8, 4) is 34.2 Å². The number of benzene rings is 2. The van der Waals surface area contributed by atoms with Crippen LogP contribution in [0.4, 0.5) is 11.5 Å². The van der Waals surface area contributed by atoms with Crippen LogP contribution in [0.5, 0.6) is 5.75 Å². The van der Waals surface area contributed by atoms with Gasteiger partial charge in [-0.1, -0.05) is 24.3 Å². The number of aromatic nitrogens is 1. The third kappa shape index (κ3) is 4.94. The van der Waals surface area contributed by atoms with Crippen molar-refractivity contribution >= 4 is 29.3 Å². The van der Waals surface area contributed by atoms with Gasteiger partial charge in [0.25, 0.3) is 11.8 Å². The summed E-state index contributed by atoms with van der Waals surface area (Å²) in [5.74, 6) is -1.52. The SMILES string of the molecule is N#Cc1c(-c2cccc(NC(=O)C3CCC(=O)O3)c2)cc(-c2ccccc2O)nc1NC(=O)c1ccco1. The van der Waals surface area contributed by atoms with Crippen LogP contribution in [-0.4, -0.2) is 34.0 Å². The van der Waals surface area contributed by atoms with Crippen LogP contribution in [0.3, 0.4) is 0 Å². The molecule has 10 heteroatoms. The van der Waals surface area contributed by atoms with Crippen molar-refractivity contribution in [2.45, 2.75) is 18.9 Å². The van der Waals surface area contributed by atoms with Gasteiger partial charge in [0.2, 0.25) is 0 Å². The molecule has 4 aromatic rings. The summed E-state index contributed by atoms with van der Waals surface area (Å²) in [6.45, 7) is 0. The zero-order valence-electron chi connectivity index (χ0n) is 19.8. The molecule has 188 valence electrons. The molecule has 3 N–H and O–H groups in total. The van der Waals surface area contributed by atoms with E-state index in [2.05, 4.69) is 21.7 Å². The summed E-state index contributed by atoms with van der Waals surface area (Å²) >= 11 is 0. The smallest absolute Gasteiger partial charge is 0.306 e. The number of carbonyl (C=O) groups is 3. The lowest BCUT2D eigenvalue weighted by atomic mass is 9.97. The van der Waals surface area contributed by atoms with E-state index in [4.69, 9.17) is 9.15 Å². The van der Waals surface area contributed by atoms with Gasteiger partial charge >= 0.3 is 5.97 Å². The van der Waals surface area contributed by atoms with Gasteiger partial charge in [0.15, 0.2) is 17.7 Å². The molecule has 0 bridgehead atoms. The highest BCUT2D eigenvalue weighted by Crippen LogP contribution is 2.36. The fraction of sp³-hybridized carbons (Fsp3) is 0.107. The Morgan fingerprint density at radius 2 is 1.87 bits per heavy atom. The minimum absolute atomic E-state index is 0.0301. The van der Waals surface area contributed by atoms with Crippen LogP contribution in [0.1, 0.15) is 29.0 Å². The number of nitriles is 1. The number of anilines is 2. The number of hydrogen-bond acceptors (Lipinski definition) is 8. The number of nitrogens with zero attached hydrogens (tertiary/aromatic N) is 2. The highest BCUT2D eigenvalue weighted by atomic mass is 16.6. The molecule has 2 aromatic heterocycles. The molecule has 1 fully saturated rings. The molecule has 2 amide bonds. The molecule has 0 spiro atoms. The minimum atomic E-state index is -0.863. The van der Waals surface area contributed by atoms with Gasteiger partial charge in [0.1, 0.15) is 17.4 Å². The predicted octanol–water partition coefficient (Wildman–Crippen LogP) is 4.48. The summed E-state index contributed by atoms with van der Waals surface area (Å²) in [4.78, 5) is 41.2. The average Bonchev–Trinajstić information content (AvgIpc) is 3.61. The Morgan fingerprint density at radius 3 is 2.58 bits per heavy atom. The standard InChI is InChI=1S/C28H20N4O6/c29-15-20-19(16-5-3-6-17(13-16)30-28(36)24-10-11-25(34)38-24)14-21(18-7-1-2-8-22(18)33)31-26(20)32-27(35)23-9-4-12-37-23/h1-9,12-14,24,33H,10-11H2,(H,30,36)(H,31,32,35). The number of cyclic esters (lactones) is 1. The van der Waals surface area contributed by atoms with Crippen molar-refractivity contribution in [1.82, 2.24) is 4.98 Å². The van der Waals surface area contributed by atoms with E-state index in [-0.39, 0.29) is 29.3 Å². The van der Waals surface area contributed by atoms with Crippen LogP contribution >= 0.6 is 0 Å². The maximum absolute atomic E-state index is 12.7. The van der Waals surface area contributed by atoms with Crippen LogP contribution in [-0.2, 0) is 14.3 Å². The first-order valence-corrected chi connectivity index (χ1v) is 11.6. The number of pyridine rings is 1. The summed E-state index contributed by atoms with van der Waals surface area (Å²) in [5.41, 5.74) is 2.12. The van der Waals surface area contributed by atoms with E-state index in [0.717, 1.165) is 0 Å². The lowest BCUT2D eigenvalue weighted by Gasteiger charge is -2.15. The third-order valence-corrected chi connectivity index (χ3v) is 5.91. The molecular weight excluding hydrogens is 488 g/mol. The van der Waals surface area contributed by atoms with Crippen molar-refractivity contribution in [2.75, 3.05) is 10.6 Å². The van der Waals surface area contributed by atoms with Gasteiger partial charge in [-0.05, 0) is 48.0 Å². The van der Waals surface area contributed by atoms with Crippen LogP contribution in [0.15, 0.2) is 77.4 Å². The number of amides is 2. The number of phenols is 1. The van der Waals surface area contributed by atoms with Crippen LogP contribution < -0.4 is 10.6 Å². The Bertz CT molecular complexity index is 1590. The molecule has 5 rings (SSSR count). The van der Waals surface area contributed by atoms with Crippen molar-refractivity contribution in [3.05, 3.63) is 84.3 Å². The molecule has 1 unspecified atom stereocenters. The molecule has 10 nitrogen and oxygen atoms in total. The average molecular weight is 508 g/mol. The van der Waals surface area contributed by atoms with Crippen LogP contribution in [0, 0.1) is 11.3 Å². The Kier molecular flexibility index (Phi) is 6.57. The fourth-order valence-corrected chi connectivity index (χ4v) is 4.08. The first-order valence-electron chi connectivity index (χ1n) is 11.6. The van der Waals surface area contributed by atoms with Gasteiger partial charge in [-0.25, -0.2) is 4.98 Å². The molecule has 3 heterocycles. The number of nitrogens with one attached hydrogen (secondary N) is 2. The quantitative estimate of drug-likeness (QED) is 0.322. The van der Waals surface area contributed by atoms with E-state index < -0.39 is 23.9 Å². The number of carbonyl (C=O) groups excluding carboxylic acids is 3. The van der Waals surface area contributed by atoms with E-state index in [1.165, 1.54) is 18.4 Å². The zero-order chi connectivity index (χ0) is 26.6. The fourth-order valence-electron chi connectivity index (χ4n) is 4.08. The summed E-state index contributed by atoms with van der Waals surface area (Å²) in [5, 5.41) is 25.9. The lowest BCUT2D eigenvalue weighted by molar-refractivity contribution is -0.146. The topological polar surface area (TPSA) is 155 Å². The molecule has 38 heavy (non-hydrogen) atoms. The second kappa shape index (κ2) is 10.3. The molecule has 1 atom stereocenters. The molecule has 0 radical (unpaired) electrons. The molecule has 0 saturated carbocycles. The van der Waals surface area contributed by atoms with Gasteiger partial charge in [-0.15, -0.1) is 0 Å². The molecule has 1 aliphatic heterocycles. The minimum Gasteiger partial charge on any atom is -0.507 e. The Hall–Kier alpha value is -5.43. The van der Waals surface area contributed by atoms with E-state index in [9.17, 15) is 24.8 Å². The number of aromatic hydroxyl groups is 1.